The second kappa shape index (κ2) is 8.03. The second-order valence-corrected chi connectivity index (χ2v) is 9.45. The number of likely N-dealkylation sites (tertiary alicyclic amines) is 1. The summed E-state index contributed by atoms with van der Waals surface area (Å²) in [5, 5.41) is 2.57. The van der Waals surface area contributed by atoms with Gasteiger partial charge in [0, 0.05) is 12.5 Å². The van der Waals surface area contributed by atoms with Crippen molar-refractivity contribution in [3.8, 4) is 0 Å². The molecule has 2 unspecified atom stereocenters. The van der Waals surface area contributed by atoms with Crippen molar-refractivity contribution in [1.82, 2.24) is 4.90 Å². The average molecular weight is 402 g/mol. The van der Waals surface area contributed by atoms with Crippen molar-refractivity contribution in [2.75, 3.05) is 19.6 Å². The lowest BCUT2D eigenvalue weighted by Gasteiger charge is -2.39. The second-order valence-electron chi connectivity index (χ2n) is 9.45. The molecular formula is C27H31NO2. The molecule has 4 atom stereocenters. The molecule has 0 radical (unpaired) electrons. The van der Waals surface area contributed by atoms with Gasteiger partial charge in [0.05, 0.1) is 5.92 Å². The maximum atomic E-state index is 13.2. The first-order valence-corrected chi connectivity index (χ1v) is 11.4. The van der Waals surface area contributed by atoms with Gasteiger partial charge in [-0.25, -0.2) is 0 Å². The van der Waals surface area contributed by atoms with Gasteiger partial charge in [-0.2, -0.15) is 0 Å². The number of nitrogens with zero attached hydrogens (tertiary/aromatic N) is 1. The Morgan fingerprint density at radius 3 is 2.43 bits per heavy atom. The molecule has 1 aliphatic carbocycles. The van der Waals surface area contributed by atoms with Crippen molar-refractivity contribution in [3.05, 3.63) is 70.6 Å². The fourth-order valence-corrected chi connectivity index (χ4v) is 5.78. The highest BCUT2D eigenvalue weighted by Crippen LogP contribution is 2.52. The van der Waals surface area contributed by atoms with Crippen LogP contribution in [0.3, 0.4) is 0 Å². The molecule has 0 aromatic heterocycles. The summed E-state index contributed by atoms with van der Waals surface area (Å²) < 4.78 is 6.12. The molecule has 2 heterocycles. The van der Waals surface area contributed by atoms with Crippen molar-refractivity contribution >= 4 is 18.1 Å². The number of hydrogen-bond donors (Lipinski definition) is 0. The number of carbonyl (C=O) groups is 1. The topological polar surface area (TPSA) is 29.5 Å². The minimum atomic E-state index is -0.187. The molecule has 3 heteroatoms. The molecule has 2 aromatic rings. The first-order valence-electron chi connectivity index (χ1n) is 11.4. The van der Waals surface area contributed by atoms with Crippen molar-refractivity contribution in [1.29, 1.82) is 0 Å². The van der Waals surface area contributed by atoms with E-state index in [0.29, 0.717) is 0 Å². The van der Waals surface area contributed by atoms with Gasteiger partial charge < -0.3 is 9.64 Å². The number of esters is 1. The Balaban J connectivity index is 1.55. The van der Waals surface area contributed by atoms with E-state index in [4.69, 9.17) is 4.74 Å². The highest BCUT2D eigenvalue weighted by Gasteiger charge is 2.53. The SMILES string of the molecule is CC1([C@@H]2C(CN3CCCCC3)C(=O)O[C@@H]2c2ccccc2)C=c2ccccc2=CC1. The van der Waals surface area contributed by atoms with Gasteiger partial charge in [-0.15, -0.1) is 0 Å². The predicted octanol–water partition coefficient (Wildman–Crippen LogP) is 3.67. The van der Waals surface area contributed by atoms with Gasteiger partial charge in [0.15, 0.2) is 0 Å². The van der Waals surface area contributed by atoms with Crippen LogP contribution in [0.25, 0.3) is 12.2 Å². The van der Waals surface area contributed by atoms with Crippen LogP contribution in [0, 0.1) is 17.3 Å². The van der Waals surface area contributed by atoms with Crippen molar-refractivity contribution < 1.29 is 9.53 Å². The first-order chi connectivity index (χ1) is 14.6. The van der Waals surface area contributed by atoms with E-state index < -0.39 is 0 Å². The lowest BCUT2D eigenvalue weighted by Crippen LogP contribution is -2.44. The summed E-state index contributed by atoms with van der Waals surface area (Å²) in [6.07, 6.45) is 9.28. The molecule has 5 rings (SSSR count). The van der Waals surface area contributed by atoms with Gasteiger partial charge in [-0.05, 0) is 53.8 Å². The molecule has 0 amide bonds. The highest BCUT2D eigenvalue weighted by molar-refractivity contribution is 5.76. The molecule has 0 N–H and O–H groups in total. The number of benzene rings is 2. The number of hydrogen-bond acceptors (Lipinski definition) is 3. The third kappa shape index (κ3) is 3.60. The van der Waals surface area contributed by atoms with Crippen LogP contribution in [-0.4, -0.2) is 30.5 Å². The van der Waals surface area contributed by atoms with E-state index in [1.54, 1.807) is 0 Å². The first kappa shape index (κ1) is 19.6. The Kier molecular flexibility index (Phi) is 5.24. The van der Waals surface area contributed by atoms with Crippen LogP contribution in [0.15, 0.2) is 54.6 Å². The molecule has 0 spiro atoms. The molecule has 3 nitrogen and oxygen atoms in total. The highest BCUT2D eigenvalue weighted by atomic mass is 16.6. The summed E-state index contributed by atoms with van der Waals surface area (Å²) in [5.41, 5.74) is 0.993. The largest absolute Gasteiger partial charge is 0.457 e. The van der Waals surface area contributed by atoms with Gasteiger partial charge >= 0.3 is 5.97 Å². The molecular weight excluding hydrogens is 370 g/mol. The Labute approximate surface area is 179 Å². The Hall–Kier alpha value is -2.39. The Morgan fingerprint density at radius 1 is 0.967 bits per heavy atom. The quantitative estimate of drug-likeness (QED) is 0.732. The van der Waals surface area contributed by atoms with Crippen LogP contribution in [0.2, 0.25) is 0 Å². The normalized spacial score (nSPS) is 31.4. The van der Waals surface area contributed by atoms with E-state index in [1.165, 1.54) is 29.7 Å². The minimum absolute atomic E-state index is 0.0205. The number of carbonyl (C=O) groups excluding carboxylic acids is 1. The van der Waals surface area contributed by atoms with Crippen LogP contribution in [0.1, 0.15) is 44.3 Å². The number of cyclic esters (lactones) is 1. The fraction of sp³-hybridized carbons (Fsp3) is 0.444. The predicted molar refractivity (Wildman–Crippen MR) is 120 cm³/mol. The zero-order chi connectivity index (χ0) is 20.6. The van der Waals surface area contributed by atoms with E-state index in [9.17, 15) is 4.79 Å². The lowest BCUT2D eigenvalue weighted by molar-refractivity contribution is -0.145. The van der Waals surface area contributed by atoms with Crippen LogP contribution in [0.4, 0.5) is 0 Å². The summed E-state index contributed by atoms with van der Waals surface area (Å²) >= 11 is 0. The van der Waals surface area contributed by atoms with E-state index in [0.717, 1.165) is 31.6 Å². The molecule has 2 fully saturated rings. The van der Waals surface area contributed by atoms with Gasteiger partial charge in [-0.1, -0.05) is 80.1 Å². The average Bonchev–Trinajstić information content (AvgIpc) is 3.12. The van der Waals surface area contributed by atoms with Gasteiger partial charge in [0.25, 0.3) is 0 Å². The van der Waals surface area contributed by atoms with E-state index in [1.807, 2.05) is 18.2 Å². The maximum absolute atomic E-state index is 13.2. The third-order valence-corrected chi connectivity index (χ3v) is 7.34. The van der Waals surface area contributed by atoms with Gasteiger partial charge in [-0.3, -0.25) is 4.79 Å². The molecule has 2 aliphatic heterocycles. The number of piperidine rings is 1. The van der Waals surface area contributed by atoms with Crippen LogP contribution >= 0.6 is 0 Å². The number of ether oxygens (including phenoxy) is 1. The minimum Gasteiger partial charge on any atom is -0.457 e. The third-order valence-electron chi connectivity index (χ3n) is 7.34. The maximum Gasteiger partial charge on any atom is 0.311 e. The smallest absolute Gasteiger partial charge is 0.311 e. The monoisotopic (exact) mass is 401 g/mol. The van der Waals surface area contributed by atoms with Crippen LogP contribution < -0.4 is 10.4 Å². The van der Waals surface area contributed by atoms with Gasteiger partial charge in [0.1, 0.15) is 6.10 Å². The Bertz CT molecular complexity index is 1020. The van der Waals surface area contributed by atoms with Crippen LogP contribution in [-0.2, 0) is 9.53 Å². The number of fused-ring (bicyclic) bond motifs is 1. The standard InChI is InChI=1S/C27H31NO2/c1-27(15-14-20-10-6-7-13-22(20)18-27)24-23(19-28-16-8-3-9-17-28)26(29)30-25(24)21-11-4-2-5-12-21/h2,4-7,10-14,18,23-25H,3,8-9,15-17,19H2,1H3/t23?,24-,25-,27?/m1/s1. The summed E-state index contributed by atoms with van der Waals surface area (Å²) in [7, 11) is 0. The summed E-state index contributed by atoms with van der Waals surface area (Å²) in [5.74, 6) is 0.0139. The van der Waals surface area contributed by atoms with Crippen molar-refractivity contribution in [3.63, 3.8) is 0 Å². The lowest BCUT2D eigenvalue weighted by atomic mass is 9.64. The molecule has 0 saturated carbocycles. The number of rotatable bonds is 4. The molecule has 30 heavy (non-hydrogen) atoms. The van der Waals surface area contributed by atoms with E-state index in [-0.39, 0.29) is 29.3 Å². The molecule has 3 aliphatic rings. The summed E-state index contributed by atoms with van der Waals surface area (Å²) in [6, 6.07) is 18.9. The Morgan fingerprint density at radius 2 is 1.67 bits per heavy atom. The van der Waals surface area contributed by atoms with Crippen molar-refractivity contribution in [2.45, 2.75) is 38.7 Å². The molecule has 156 valence electrons. The zero-order valence-electron chi connectivity index (χ0n) is 17.8. The molecule has 0 bridgehead atoms. The fourth-order valence-electron chi connectivity index (χ4n) is 5.78. The van der Waals surface area contributed by atoms with E-state index in [2.05, 4.69) is 60.4 Å². The molecule has 2 saturated heterocycles. The summed E-state index contributed by atoms with van der Waals surface area (Å²) in [4.78, 5) is 15.7. The molecule has 2 aromatic carbocycles. The van der Waals surface area contributed by atoms with E-state index >= 15 is 0 Å². The van der Waals surface area contributed by atoms with Gasteiger partial charge in [0.2, 0.25) is 0 Å². The van der Waals surface area contributed by atoms with Crippen molar-refractivity contribution in [2.24, 2.45) is 17.3 Å². The summed E-state index contributed by atoms with van der Waals surface area (Å²) in [6.45, 7) is 5.34. The van der Waals surface area contributed by atoms with Crippen LogP contribution in [0.5, 0.6) is 0 Å². The zero-order valence-corrected chi connectivity index (χ0v) is 17.8.